The first-order valence-corrected chi connectivity index (χ1v) is 6.58. The molecule has 18 heavy (non-hydrogen) atoms. The van der Waals surface area contributed by atoms with Crippen LogP contribution in [-0.2, 0) is 6.54 Å². The summed E-state index contributed by atoms with van der Waals surface area (Å²) in [6.45, 7) is 5.73. The number of nitrogens with zero attached hydrogens (tertiary/aromatic N) is 1. The third-order valence-corrected chi connectivity index (χ3v) is 3.54. The Balaban J connectivity index is 1.89. The van der Waals surface area contributed by atoms with Crippen molar-refractivity contribution in [2.24, 2.45) is 0 Å². The van der Waals surface area contributed by atoms with E-state index in [2.05, 4.69) is 17.1 Å². The zero-order valence-corrected chi connectivity index (χ0v) is 10.8. The summed E-state index contributed by atoms with van der Waals surface area (Å²) in [5.41, 5.74) is 0.406. The van der Waals surface area contributed by atoms with Gasteiger partial charge in [0.2, 0.25) is 0 Å². The summed E-state index contributed by atoms with van der Waals surface area (Å²) in [5, 5.41) is 3.32. The second kappa shape index (κ2) is 6.25. The minimum atomic E-state index is -0.382. The molecule has 0 radical (unpaired) electrons. The van der Waals surface area contributed by atoms with E-state index >= 15 is 0 Å². The van der Waals surface area contributed by atoms with Crippen LogP contribution in [0.1, 0.15) is 25.3 Å². The molecule has 0 amide bonds. The maximum absolute atomic E-state index is 13.4. The van der Waals surface area contributed by atoms with Crippen molar-refractivity contribution in [3.63, 3.8) is 0 Å². The summed E-state index contributed by atoms with van der Waals surface area (Å²) < 4.78 is 26.5. The van der Waals surface area contributed by atoms with Crippen molar-refractivity contribution in [3.8, 4) is 0 Å². The molecule has 1 saturated heterocycles. The molecule has 1 aliphatic rings. The molecule has 0 bridgehead atoms. The van der Waals surface area contributed by atoms with Crippen molar-refractivity contribution < 1.29 is 8.78 Å². The molecule has 100 valence electrons. The predicted octanol–water partition coefficient (Wildman–Crippen LogP) is 2.54. The quantitative estimate of drug-likeness (QED) is 0.888. The first-order chi connectivity index (χ1) is 8.69. The second-order valence-corrected chi connectivity index (χ2v) is 4.85. The number of rotatable bonds is 4. The van der Waals surface area contributed by atoms with Gasteiger partial charge in [-0.1, -0.05) is 6.92 Å². The van der Waals surface area contributed by atoms with Gasteiger partial charge in [-0.05, 0) is 44.1 Å². The molecule has 1 aliphatic heterocycles. The molecule has 1 heterocycles. The molecule has 2 nitrogen and oxygen atoms in total. The van der Waals surface area contributed by atoms with Gasteiger partial charge in [0.25, 0.3) is 0 Å². The molecule has 2 rings (SSSR count). The number of hydrogen-bond acceptors (Lipinski definition) is 2. The smallest absolute Gasteiger partial charge is 0.127 e. The zero-order chi connectivity index (χ0) is 13.0. The van der Waals surface area contributed by atoms with Crippen molar-refractivity contribution in [3.05, 3.63) is 35.4 Å². The second-order valence-electron chi connectivity index (χ2n) is 4.85. The molecule has 1 fully saturated rings. The lowest BCUT2D eigenvalue weighted by Gasteiger charge is -2.32. The van der Waals surface area contributed by atoms with Gasteiger partial charge in [0.1, 0.15) is 11.6 Å². The van der Waals surface area contributed by atoms with Crippen LogP contribution in [0.25, 0.3) is 0 Å². The maximum Gasteiger partial charge on any atom is 0.127 e. The van der Waals surface area contributed by atoms with E-state index in [4.69, 9.17) is 0 Å². The van der Waals surface area contributed by atoms with Gasteiger partial charge in [-0.2, -0.15) is 0 Å². The topological polar surface area (TPSA) is 15.3 Å². The largest absolute Gasteiger partial charge is 0.309 e. The van der Waals surface area contributed by atoms with E-state index in [0.717, 1.165) is 38.5 Å². The SMILES string of the molecule is CCN1CCCC(NCc2cc(F)ccc2F)C1. The maximum atomic E-state index is 13.4. The van der Waals surface area contributed by atoms with Crippen molar-refractivity contribution in [2.45, 2.75) is 32.4 Å². The van der Waals surface area contributed by atoms with E-state index in [0.29, 0.717) is 18.2 Å². The van der Waals surface area contributed by atoms with Crippen molar-refractivity contribution in [1.82, 2.24) is 10.2 Å². The lowest BCUT2D eigenvalue weighted by Crippen LogP contribution is -2.45. The van der Waals surface area contributed by atoms with Gasteiger partial charge < -0.3 is 10.2 Å². The third kappa shape index (κ3) is 3.50. The lowest BCUT2D eigenvalue weighted by atomic mass is 10.1. The fourth-order valence-corrected chi connectivity index (χ4v) is 2.44. The van der Waals surface area contributed by atoms with Gasteiger partial charge in [-0.25, -0.2) is 8.78 Å². The van der Waals surface area contributed by atoms with Gasteiger partial charge >= 0.3 is 0 Å². The highest BCUT2D eigenvalue weighted by molar-refractivity contribution is 5.18. The Labute approximate surface area is 107 Å². The summed E-state index contributed by atoms with van der Waals surface area (Å²) in [6.07, 6.45) is 2.27. The Morgan fingerprint density at radius 1 is 1.39 bits per heavy atom. The van der Waals surface area contributed by atoms with E-state index in [-0.39, 0.29) is 11.6 Å². The molecular weight excluding hydrogens is 234 g/mol. The van der Waals surface area contributed by atoms with Gasteiger partial charge in [0, 0.05) is 24.7 Å². The Hall–Kier alpha value is -1.00. The van der Waals surface area contributed by atoms with Crippen LogP contribution < -0.4 is 5.32 Å². The minimum Gasteiger partial charge on any atom is -0.309 e. The van der Waals surface area contributed by atoms with Crippen molar-refractivity contribution >= 4 is 0 Å². The van der Waals surface area contributed by atoms with E-state index in [1.807, 2.05) is 0 Å². The highest BCUT2D eigenvalue weighted by atomic mass is 19.1. The molecule has 0 aliphatic carbocycles. The van der Waals surface area contributed by atoms with Gasteiger partial charge in [-0.3, -0.25) is 0 Å². The summed E-state index contributed by atoms with van der Waals surface area (Å²) >= 11 is 0. The lowest BCUT2D eigenvalue weighted by molar-refractivity contribution is 0.198. The first kappa shape index (κ1) is 13.4. The summed E-state index contributed by atoms with van der Waals surface area (Å²) in [7, 11) is 0. The molecule has 0 saturated carbocycles. The van der Waals surface area contributed by atoms with Crippen molar-refractivity contribution in [1.29, 1.82) is 0 Å². The molecule has 0 aromatic heterocycles. The van der Waals surface area contributed by atoms with Gasteiger partial charge in [-0.15, -0.1) is 0 Å². The molecule has 1 N–H and O–H groups in total. The number of halogens is 2. The number of piperidine rings is 1. The number of likely N-dealkylation sites (tertiary alicyclic amines) is 1. The van der Waals surface area contributed by atoms with E-state index in [1.54, 1.807) is 0 Å². The average Bonchev–Trinajstić information content (AvgIpc) is 2.40. The van der Waals surface area contributed by atoms with Crippen LogP contribution in [0.5, 0.6) is 0 Å². The summed E-state index contributed by atoms with van der Waals surface area (Å²) in [4.78, 5) is 2.38. The van der Waals surface area contributed by atoms with Crippen LogP contribution >= 0.6 is 0 Å². The number of hydrogen-bond donors (Lipinski definition) is 1. The minimum absolute atomic E-state index is 0.341. The number of likely N-dealkylation sites (N-methyl/N-ethyl adjacent to an activating group) is 1. The molecule has 0 spiro atoms. The summed E-state index contributed by atoms with van der Waals surface area (Å²) in [6, 6.07) is 3.98. The number of nitrogens with one attached hydrogen (secondary N) is 1. The molecule has 1 unspecified atom stereocenters. The van der Waals surface area contributed by atoms with Crippen LogP contribution in [0.4, 0.5) is 8.78 Å². The van der Waals surface area contributed by atoms with Crippen LogP contribution in [0.3, 0.4) is 0 Å². The van der Waals surface area contributed by atoms with Crippen LogP contribution in [0, 0.1) is 11.6 Å². The van der Waals surface area contributed by atoms with Crippen molar-refractivity contribution in [2.75, 3.05) is 19.6 Å². The van der Waals surface area contributed by atoms with Crippen LogP contribution in [0.2, 0.25) is 0 Å². The standard InChI is InChI=1S/C14H20F2N2/c1-2-18-7-3-4-13(10-18)17-9-11-8-12(15)5-6-14(11)16/h5-6,8,13,17H,2-4,7,9-10H2,1H3. The van der Waals surface area contributed by atoms with Crippen LogP contribution in [-0.4, -0.2) is 30.6 Å². The predicted molar refractivity (Wildman–Crippen MR) is 68.3 cm³/mol. The normalized spacial score (nSPS) is 21.2. The summed E-state index contributed by atoms with van der Waals surface area (Å²) in [5.74, 6) is -0.723. The van der Waals surface area contributed by atoms with E-state index in [1.165, 1.54) is 12.1 Å². The molecule has 1 aromatic carbocycles. The van der Waals surface area contributed by atoms with E-state index < -0.39 is 0 Å². The van der Waals surface area contributed by atoms with Gasteiger partial charge in [0.15, 0.2) is 0 Å². The molecular formula is C14H20F2N2. The Bertz CT molecular complexity index is 395. The molecule has 1 aromatic rings. The third-order valence-electron chi connectivity index (χ3n) is 3.54. The number of benzene rings is 1. The first-order valence-electron chi connectivity index (χ1n) is 6.58. The Kier molecular flexibility index (Phi) is 4.66. The monoisotopic (exact) mass is 254 g/mol. The van der Waals surface area contributed by atoms with Crippen LogP contribution in [0.15, 0.2) is 18.2 Å². The molecule has 1 atom stereocenters. The Morgan fingerprint density at radius 2 is 2.22 bits per heavy atom. The van der Waals surface area contributed by atoms with E-state index in [9.17, 15) is 8.78 Å². The highest BCUT2D eigenvalue weighted by Gasteiger charge is 2.18. The fraction of sp³-hybridized carbons (Fsp3) is 0.571. The zero-order valence-electron chi connectivity index (χ0n) is 10.8. The highest BCUT2D eigenvalue weighted by Crippen LogP contribution is 2.13. The molecule has 4 heteroatoms. The Morgan fingerprint density at radius 3 is 3.00 bits per heavy atom. The van der Waals surface area contributed by atoms with Gasteiger partial charge in [0.05, 0.1) is 0 Å². The average molecular weight is 254 g/mol. The fourth-order valence-electron chi connectivity index (χ4n) is 2.44.